The fraction of sp³-hybridized carbons (Fsp3) is 0.259. The van der Waals surface area contributed by atoms with Crippen molar-refractivity contribution in [1.29, 1.82) is 0 Å². The molecule has 0 aliphatic carbocycles. The van der Waals surface area contributed by atoms with E-state index >= 15 is 0 Å². The maximum absolute atomic E-state index is 12.7. The summed E-state index contributed by atoms with van der Waals surface area (Å²) < 4.78 is 0. The van der Waals surface area contributed by atoms with E-state index in [9.17, 15) is 9.59 Å². The number of amides is 2. The molecule has 0 spiro atoms. The van der Waals surface area contributed by atoms with Crippen molar-refractivity contribution in [2.45, 2.75) is 38.5 Å². The van der Waals surface area contributed by atoms with Crippen molar-refractivity contribution < 1.29 is 9.59 Å². The van der Waals surface area contributed by atoms with Gasteiger partial charge in [-0.2, -0.15) is 0 Å². The molecule has 1 saturated heterocycles. The van der Waals surface area contributed by atoms with Gasteiger partial charge in [-0.15, -0.1) is 11.8 Å². The molecule has 2 amide bonds. The van der Waals surface area contributed by atoms with Gasteiger partial charge in [0.05, 0.1) is 5.75 Å². The van der Waals surface area contributed by atoms with E-state index in [0.29, 0.717) is 11.3 Å². The van der Waals surface area contributed by atoms with Crippen molar-refractivity contribution in [2.24, 2.45) is 0 Å². The molecule has 3 aromatic rings. The maximum atomic E-state index is 12.7. The number of thioether (sulfide) groups is 1. The van der Waals surface area contributed by atoms with Crippen molar-refractivity contribution >= 4 is 35.0 Å². The molecular weight excluding hydrogens is 416 g/mol. The van der Waals surface area contributed by atoms with Gasteiger partial charge in [0.1, 0.15) is 5.37 Å². The molecular formula is C27H28N2O2S. The minimum Gasteiger partial charge on any atom is -0.322 e. The number of carbonyl (C=O) groups is 2. The van der Waals surface area contributed by atoms with Crippen LogP contribution in [0.5, 0.6) is 0 Å². The number of aryl methyl sites for hydroxylation is 1. The van der Waals surface area contributed by atoms with E-state index in [1.165, 1.54) is 5.56 Å². The summed E-state index contributed by atoms with van der Waals surface area (Å²) in [5.41, 5.74) is 5.73. The number of carbonyl (C=O) groups excluding carboxylic acids is 2. The third kappa shape index (κ3) is 4.73. The first-order valence-corrected chi connectivity index (χ1v) is 11.8. The predicted octanol–water partition coefficient (Wildman–Crippen LogP) is 6.32. The van der Waals surface area contributed by atoms with Crippen molar-refractivity contribution in [1.82, 2.24) is 0 Å². The second kappa shape index (κ2) is 8.83. The number of nitrogens with one attached hydrogen (secondary N) is 1. The van der Waals surface area contributed by atoms with Gasteiger partial charge in [-0.1, -0.05) is 62.7 Å². The lowest BCUT2D eigenvalue weighted by molar-refractivity contribution is -0.115. The molecule has 164 valence electrons. The van der Waals surface area contributed by atoms with Crippen LogP contribution >= 0.6 is 11.8 Å². The van der Waals surface area contributed by atoms with Crippen LogP contribution in [-0.4, -0.2) is 17.6 Å². The standard InChI is InChI=1S/C27H28N2O2S/c1-18-5-7-19(8-6-18)25(31)28-22-13-9-20(10-14-22)26-29(24(30)17-32-26)23-15-11-21(12-16-23)27(2,3)4/h5-16,26H,17H2,1-4H3,(H,28,31)/t26-/m1/s1. The van der Waals surface area contributed by atoms with Gasteiger partial charge in [-0.25, -0.2) is 0 Å². The van der Waals surface area contributed by atoms with Crippen LogP contribution in [0.15, 0.2) is 72.8 Å². The molecule has 3 aromatic carbocycles. The summed E-state index contributed by atoms with van der Waals surface area (Å²) in [5.74, 6) is 0.432. The van der Waals surface area contributed by atoms with Gasteiger partial charge in [-0.3, -0.25) is 14.5 Å². The van der Waals surface area contributed by atoms with E-state index in [1.54, 1.807) is 11.8 Å². The molecule has 32 heavy (non-hydrogen) atoms. The molecule has 1 heterocycles. The Bertz CT molecular complexity index is 1110. The lowest BCUT2D eigenvalue weighted by Gasteiger charge is -2.26. The molecule has 0 saturated carbocycles. The highest BCUT2D eigenvalue weighted by Crippen LogP contribution is 2.42. The van der Waals surface area contributed by atoms with Gasteiger partial charge in [0, 0.05) is 16.9 Å². The van der Waals surface area contributed by atoms with Gasteiger partial charge in [0.25, 0.3) is 5.91 Å². The van der Waals surface area contributed by atoms with E-state index in [0.717, 1.165) is 22.5 Å². The highest BCUT2D eigenvalue weighted by molar-refractivity contribution is 8.00. The van der Waals surface area contributed by atoms with Gasteiger partial charge < -0.3 is 5.32 Å². The van der Waals surface area contributed by atoms with Crippen LogP contribution in [0.1, 0.15) is 53.2 Å². The van der Waals surface area contributed by atoms with Crippen molar-refractivity contribution in [3.63, 3.8) is 0 Å². The normalized spacial score (nSPS) is 16.3. The highest BCUT2D eigenvalue weighted by atomic mass is 32.2. The molecule has 0 aromatic heterocycles. The number of rotatable bonds is 4. The Kier molecular flexibility index (Phi) is 6.11. The summed E-state index contributed by atoms with van der Waals surface area (Å²) in [6, 6.07) is 23.5. The zero-order valence-corrected chi connectivity index (χ0v) is 19.7. The molecule has 1 aliphatic rings. The monoisotopic (exact) mass is 444 g/mol. The third-order valence-electron chi connectivity index (χ3n) is 5.65. The topological polar surface area (TPSA) is 49.4 Å². The Morgan fingerprint density at radius 1 is 0.938 bits per heavy atom. The van der Waals surface area contributed by atoms with E-state index < -0.39 is 0 Å². The van der Waals surface area contributed by atoms with E-state index in [4.69, 9.17) is 0 Å². The Morgan fingerprint density at radius 3 is 2.16 bits per heavy atom. The summed E-state index contributed by atoms with van der Waals surface area (Å²) >= 11 is 1.62. The number of hydrogen-bond donors (Lipinski definition) is 1. The summed E-state index contributed by atoms with van der Waals surface area (Å²) in [6.07, 6.45) is 0. The molecule has 0 radical (unpaired) electrons. The van der Waals surface area contributed by atoms with Crippen LogP contribution in [0.4, 0.5) is 11.4 Å². The highest BCUT2D eigenvalue weighted by Gasteiger charge is 2.34. The quantitative estimate of drug-likeness (QED) is 0.512. The lowest BCUT2D eigenvalue weighted by Crippen LogP contribution is -2.28. The maximum Gasteiger partial charge on any atom is 0.255 e. The third-order valence-corrected chi connectivity index (χ3v) is 6.86. The minimum atomic E-state index is -0.135. The number of benzene rings is 3. The average Bonchev–Trinajstić information content (AvgIpc) is 3.15. The van der Waals surface area contributed by atoms with Crippen LogP contribution in [0.2, 0.25) is 0 Å². The van der Waals surface area contributed by atoms with Crippen molar-refractivity contribution in [3.05, 3.63) is 95.1 Å². The van der Waals surface area contributed by atoms with E-state index in [1.807, 2.05) is 72.5 Å². The average molecular weight is 445 g/mol. The summed E-state index contributed by atoms with van der Waals surface area (Å²) in [4.78, 5) is 27.0. The molecule has 1 atom stereocenters. The van der Waals surface area contributed by atoms with Crippen LogP contribution in [0, 0.1) is 6.92 Å². The summed E-state index contributed by atoms with van der Waals surface area (Å²) in [6.45, 7) is 8.54. The van der Waals surface area contributed by atoms with Crippen LogP contribution < -0.4 is 10.2 Å². The van der Waals surface area contributed by atoms with Gasteiger partial charge in [0.15, 0.2) is 0 Å². The minimum absolute atomic E-state index is 0.0700. The van der Waals surface area contributed by atoms with Gasteiger partial charge in [0.2, 0.25) is 5.91 Å². The molecule has 4 nitrogen and oxygen atoms in total. The Morgan fingerprint density at radius 2 is 1.56 bits per heavy atom. The molecule has 1 aliphatic heterocycles. The van der Waals surface area contributed by atoms with Crippen LogP contribution in [0.3, 0.4) is 0 Å². The second-order valence-electron chi connectivity index (χ2n) is 9.17. The first-order chi connectivity index (χ1) is 15.2. The molecule has 0 bridgehead atoms. The molecule has 5 heteroatoms. The Labute approximate surface area is 194 Å². The lowest BCUT2D eigenvalue weighted by atomic mass is 9.87. The molecule has 4 rings (SSSR count). The first-order valence-electron chi connectivity index (χ1n) is 10.7. The first kappa shape index (κ1) is 22.2. The zero-order valence-electron chi connectivity index (χ0n) is 18.9. The summed E-state index contributed by atoms with van der Waals surface area (Å²) in [5, 5.41) is 2.86. The number of anilines is 2. The summed E-state index contributed by atoms with van der Waals surface area (Å²) in [7, 11) is 0. The van der Waals surface area contributed by atoms with Gasteiger partial charge in [-0.05, 0) is 59.9 Å². The zero-order chi connectivity index (χ0) is 22.9. The van der Waals surface area contributed by atoms with Crippen molar-refractivity contribution in [2.75, 3.05) is 16.0 Å². The Balaban J connectivity index is 1.50. The number of hydrogen-bond acceptors (Lipinski definition) is 3. The smallest absolute Gasteiger partial charge is 0.255 e. The largest absolute Gasteiger partial charge is 0.322 e. The fourth-order valence-corrected chi connectivity index (χ4v) is 4.89. The molecule has 1 fully saturated rings. The van der Waals surface area contributed by atoms with Gasteiger partial charge >= 0.3 is 0 Å². The molecule has 0 unspecified atom stereocenters. The Hall–Kier alpha value is -3.05. The van der Waals surface area contributed by atoms with E-state index in [-0.39, 0.29) is 22.6 Å². The predicted molar refractivity (Wildman–Crippen MR) is 133 cm³/mol. The number of nitrogens with zero attached hydrogens (tertiary/aromatic N) is 1. The SMILES string of the molecule is Cc1ccc(C(=O)Nc2ccc([C@H]3SCC(=O)N3c3ccc(C(C)(C)C)cc3)cc2)cc1. The molecule has 1 N–H and O–H groups in total. The second-order valence-corrected chi connectivity index (χ2v) is 10.2. The van der Waals surface area contributed by atoms with Crippen LogP contribution in [-0.2, 0) is 10.2 Å². The van der Waals surface area contributed by atoms with E-state index in [2.05, 4.69) is 38.2 Å². The van der Waals surface area contributed by atoms with Crippen LogP contribution in [0.25, 0.3) is 0 Å². The fourth-order valence-electron chi connectivity index (χ4n) is 3.71. The van der Waals surface area contributed by atoms with Crippen molar-refractivity contribution in [3.8, 4) is 0 Å².